The van der Waals surface area contributed by atoms with Crippen LogP contribution in [-0.2, 0) is 4.74 Å². The molecule has 4 heteroatoms. The van der Waals surface area contributed by atoms with Gasteiger partial charge in [-0.2, -0.15) is 0 Å². The summed E-state index contributed by atoms with van der Waals surface area (Å²) in [4.78, 5) is 12.0. The summed E-state index contributed by atoms with van der Waals surface area (Å²) in [6.07, 6.45) is 9.82. The lowest BCUT2D eigenvalue weighted by atomic mass is 9.72. The van der Waals surface area contributed by atoms with Crippen LogP contribution in [0.5, 0.6) is 0 Å². The van der Waals surface area contributed by atoms with E-state index in [0.717, 1.165) is 37.2 Å². The molecule has 1 aliphatic carbocycles. The van der Waals surface area contributed by atoms with E-state index in [1.807, 2.05) is 43.3 Å². The number of carbonyl (C=O) groups is 1. The van der Waals surface area contributed by atoms with E-state index < -0.39 is 0 Å². The van der Waals surface area contributed by atoms with Crippen LogP contribution in [0.4, 0.5) is 10.5 Å². The average Bonchev–Trinajstić information content (AvgIpc) is 2.54. The molecule has 1 aromatic rings. The van der Waals surface area contributed by atoms with E-state index in [0.29, 0.717) is 5.92 Å². The van der Waals surface area contributed by atoms with E-state index in [4.69, 9.17) is 4.74 Å². The van der Waals surface area contributed by atoms with Crippen LogP contribution in [0.15, 0.2) is 30.3 Å². The molecule has 1 saturated heterocycles. The molecular formula is C19H26N2O2. The van der Waals surface area contributed by atoms with Gasteiger partial charge in [-0.15, -0.1) is 0 Å². The van der Waals surface area contributed by atoms with Crippen molar-refractivity contribution in [3.05, 3.63) is 35.9 Å². The SMILES string of the molecule is C/C=C/c1ccc(NC(=O)NCC2CCOC3(CCC3)C2)cc1. The van der Waals surface area contributed by atoms with E-state index in [1.165, 1.54) is 19.3 Å². The van der Waals surface area contributed by atoms with Gasteiger partial charge < -0.3 is 15.4 Å². The zero-order chi connectivity index (χ0) is 16.1. The van der Waals surface area contributed by atoms with Gasteiger partial charge in [-0.05, 0) is 62.6 Å². The van der Waals surface area contributed by atoms with Gasteiger partial charge in [0.1, 0.15) is 0 Å². The summed E-state index contributed by atoms with van der Waals surface area (Å²) in [5.41, 5.74) is 2.09. The van der Waals surface area contributed by atoms with Crippen molar-refractivity contribution in [3.8, 4) is 0 Å². The third-order valence-electron chi connectivity index (χ3n) is 4.94. The molecule has 124 valence electrons. The molecule has 1 aromatic carbocycles. The van der Waals surface area contributed by atoms with Crippen molar-refractivity contribution in [3.63, 3.8) is 0 Å². The first-order chi connectivity index (χ1) is 11.2. The number of allylic oxidation sites excluding steroid dienone is 1. The van der Waals surface area contributed by atoms with Crippen molar-refractivity contribution < 1.29 is 9.53 Å². The Balaban J connectivity index is 1.44. The van der Waals surface area contributed by atoms with E-state index in [2.05, 4.69) is 10.6 Å². The molecule has 1 saturated carbocycles. The minimum absolute atomic E-state index is 0.127. The van der Waals surface area contributed by atoms with Gasteiger partial charge in [-0.3, -0.25) is 0 Å². The van der Waals surface area contributed by atoms with Crippen LogP contribution >= 0.6 is 0 Å². The van der Waals surface area contributed by atoms with Crippen LogP contribution in [-0.4, -0.2) is 24.8 Å². The van der Waals surface area contributed by atoms with E-state index >= 15 is 0 Å². The first-order valence-electron chi connectivity index (χ1n) is 8.61. The summed E-state index contributed by atoms with van der Waals surface area (Å²) in [5.74, 6) is 0.534. The van der Waals surface area contributed by atoms with E-state index in [1.54, 1.807) is 0 Å². The third kappa shape index (κ3) is 4.14. The topological polar surface area (TPSA) is 50.4 Å². The van der Waals surface area contributed by atoms with Crippen LogP contribution in [0, 0.1) is 5.92 Å². The van der Waals surface area contributed by atoms with Crippen LogP contribution in [0.25, 0.3) is 6.08 Å². The summed E-state index contributed by atoms with van der Waals surface area (Å²) < 4.78 is 5.93. The highest BCUT2D eigenvalue weighted by atomic mass is 16.5. The minimum Gasteiger partial charge on any atom is -0.375 e. The van der Waals surface area contributed by atoms with E-state index in [9.17, 15) is 4.79 Å². The monoisotopic (exact) mass is 314 g/mol. The molecule has 1 aliphatic heterocycles. The number of ether oxygens (including phenoxy) is 1. The van der Waals surface area contributed by atoms with Crippen molar-refractivity contribution in [2.24, 2.45) is 5.92 Å². The molecule has 3 rings (SSSR count). The Kier molecular flexibility index (Phi) is 5.01. The highest BCUT2D eigenvalue weighted by Crippen LogP contribution is 2.43. The Morgan fingerprint density at radius 2 is 2.13 bits per heavy atom. The minimum atomic E-state index is -0.127. The maximum absolute atomic E-state index is 12.0. The zero-order valence-corrected chi connectivity index (χ0v) is 13.8. The standard InChI is InChI=1S/C19H26N2O2/c1-2-4-15-5-7-17(8-6-15)21-18(22)20-14-16-9-12-23-19(13-16)10-3-11-19/h2,4-8,16H,3,9-14H2,1H3,(H2,20,21,22)/b4-2+. The van der Waals surface area contributed by atoms with Gasteiger partial charge in [-0.25, -0.2) is 4.79 Å². The van der Waals surface area contributed by atoms with Crippen molar-refractivity contribution in [1.29, 1.82) is 0 Å². The molecular weight excluding hydrogens is 288 g/mol. The van der Waals surface area contributed by atoms with Crippen molar-refractivity contribution in [1.82, 2.24) is 5.32 Å². The van der Waals surface area contributed by atoms with Gasteiger partial charge in [0.15, 0.2) is 0 Å². The number of carbonyl (C=O) groups excluding carboxylic acids is 1. The zero-order valence-electron chi connectivity index (χ0n) is 13.8. The smallest absolute Gasteiger partial charge is 0.319 e. The molecule has 4 nitrogen and oxygen atoms in total. The molecule has 2 aliphatic rings. The number of rotatable bonds is 4. The number of benzene rings is 1. The fourth-order valence-electron chi connectivity index (χ4n) is 3.51. The molecule has 1 atom stereocenters. The Bertz CT molecular complexity index is 561. The second kappa shape index (κ2) is 7.18. The average molecular weight is 314 g/mol. The van der Waals surface area contributed by atoms with Gasteiger partial charge in [0.05, 0.1) is 5.60 Å². The van der Waals surface area contributed by atoms with E-state index in [-0.39, 0.29) is 11.6 Å². The quantitative estimate of drug-likeness (QED) is 0.875. The fourth-order valence-corrected chi connectivity index (χ4v) is 3.51. The van der Waals surface area contributed by atoms with Crippen molar-refractivity contribution in [2.75, 3.05) is 18.5 Å². The molecule has 0 radical (unpaired) electrons. The van der Waals surface area contributed by atoms with Gasteiger partial charge in [0.2, 0.25) is 0 Å². The second-order valence-corrected chi connectivity index (χ2v) is 6.70. The van der Waals surface area contributed by atoms with Gasteiger partial charge in [-0.1, -0.05) is 24.3 Å². The van der Waals surface area contributed by atoms with Crippen molar-refractivity contribution in [2.45, 2.75) is 44.6 Å². The van der Waals surface area contributed by atoms with Crippen LogP contribution < -0.4 is 10.6 Å². The van der Waals surface area contributed by atoms with Crippen LogP contribution in [0.1, 0.15) is 44.6 Å². The molecule has 2 N–H and O–H groups in total. The number of nitrogens with one attached hydrogen (secondary N) is 2. The Hall–Kier alpha value is -1.81. The molecule has 0 aromatic heterocycles. The summed E-state index contributed by atoms with van der Waals surface area (Å²) in [6.45, 7) is 3.55. The van der Waals surface area contributed by atoms with Gasteiger partial charge in [0, 0.05) is 18.8 Å². The predicted molar refractivity (Wildman–Crippen MR) is 93.4 cm³/mol. The summed E-state index contributed by atoms with van der Waals surface area (Å²) in [6, 6.07) is 7.71. The summed E-state index contributed by atoms with van der Waals surface area (Å²) >= 11 is 0. The number of urea groups is 1. The third-order valence-corrected chi connectivity index (χ3v) is 4.94. The fraction of sp³-hybridized carbons (Fsp3) is 0.526. The van der Waals surface area contributed by atoms with Crippen LogP contribution in [0.2, 0.25) is 0 Å². The molecule has 2 amide bonds. The summed E-state index contributed by atoms with van der Waals surface area (Å²) in [5, 5.41) is 5.90. The highest BCUT2D eigenvalue weighted by Gasteiger charge is 2.42. The second-order valence-electron chi connectivity index (χ2n) is 6.70. The lowest BCUT2D eigenvalue weighted by Gasteiger charge is -2.47. The first-order valence-corrected chi connectivity index (χ1v) is 8.61. The Morgan fingerprint density at radius 3 is 2.78 bits per heavy atom. The van der Waals surface area contributed by atoms with Gasteiger partial charge in [0.25, 0.3) is 0 Å². The van der Waals surface area contributed by atoms with Crippen LogP contribution in [0.3, 0.4) is 0 Å². The summed E-state index contributed by atoms with van der Waals surface area (Å²) in [7, 11) is 0. The molecule has 0 bridgehead atoms. The largest absolute Gasteiger partial charge is 0.375 e. The first kappa shape index (κ1) is 16.1. The maximum Gasteiger partial charge on any atom is 0.319 e. The molecule has 2 fully saturated rings. The molecule has 1 unspecified atom stereocenters. The highest BCUT2D eigenvalue weighted by molar-refractivity contribution is 5.89. The molecule has 1 spiro atoms. The van der Waals surface area contributed by atoms with Crippen molar-refractivity contribution >= 4 is 17.8 Å². The maximum atomic E-state index is 12.0. The molecule has 1 heterocycles. The number of hydrogen-bond donors (Lipinski definition) is 2. The Labute approximate surface area is 138 Å². The van der Waals surface area contributed by atoms with Gasteiger partial charge >= 0.3 is 6.03 Å². The number of anilines is 1. The Morgan fingerprint density at radius 1 is 1.35 bits per heavy atom. The lowest BCUT2D eigenvalue weighted by molar-refractivity contribution is -0.142. The lowest BCUT2D eigenvalue weighted by Crippen LogP contribution is -2.47. The number of hydrogen-bond acceptors (Lipinski definition) is 2. The number of amides is 2. The molecule has 23 heavy (non-hydrogen) atoms. The predicted octanol–water partition coefficient (Wildman–Crippen LogP) is 4.19. The normalized spacial score (nSPS) is 22.7.